The first-order valence-corrected chi connectivity index (χ1v) is 10.4. The number of nitrogens with one attached hydrogen (secondary N) is 3. The molecular weight excluding hydrogens is 469 g/mol. The molecule has 0 aliphatic rings. The summed E-state index contributed by atoms with van der Waals surface area (Å²) in [4.78, 5) is 12.5. The van der Waals surface area contributed by atoms with E-state index in [0.717, 1.165) is 11.3 Å². The van der Waals surface area contributed by atoms with Gasteiger partial charge < -0.3 is 25.4 Å². The summed E-state index contributed by atoms with van der Waals surface area (Å²) < 4.78 is 8.61. The Kier molecular flexibility index (Phi) is 8.85. The quantitative estimate of drug-likeness (QED) is 0.304. The van der Waals surface area contributed by atoms with E-state index in [-0.39, 0.29) is 17.4 Å². The fourth-order valence-electron chi connectivity index (χ4n) is 2.52. The molecule has 6 nitrogen and oxygen atoms in total. The van der Waals surface area contributed by atoms with E-state index >= 15 is 0 Å². The molecule has 1 atom stereocenters. The lowest BCUT2D eigenvalue weighted by Crippen LogP contribution is -2.56. The highest BCUT2D eigenvalue weighted by molar-refractivity contribution is 7.80. The molecule has 1 unspecified atom stereocenters. The van der Waals surface area contributed by atoms with Gasteiger partial charge in [-0.1, -0.05) is 58.6 Å². The zero-order valence-corrected chi connectivity index (χ0v) is 19.7. The van der Waals surface area contributed by atoms with Gasteiger partial charge in [-0.2, -0.15) is 0 Å². The predicted octanol–water partition coefficient (Wildman–Crippen LogP) is 4.35. The van der Waals surface area contributed by atoms with Crippen molar-refractivity contribution < 1.29 is 14.3 Å². The number of hydrogen-bond donors (Lipinski definition) is 3. The third kappa shape index (κ3) is 7.40. The van der Waals surface area contributed by atoms with E-state index in [9.17, 15) is 4.79 Å². The van der Waals surface area contributed by atoms with Crippen molar-refractivity contribution in [3.05, 3.63) is 53.6 Å². The summed E-state index contributed by atoms with van der Waals surface area (Å²) in [7, 11) is 3.06. The number of rotatable bonds is 7. The molecule has 0 heterocycles. The van der Waals surface area contributed by atoms with E-state index in [0.29, 0.717) is 17.1 Å². The molecule has 0 aliphatic carbocycles. The maximum Gasteiger partial charge on any atom is 0.228 e. The molecule has 0 fully saturated rings. The van der Waals surface area contributed by atoms with Gasteiger partial charge in [0.2, 0.25) is 9.70 Å². The molecule has 0 saturated heterocycles. The number of anilines is 1. The summed E-state index contributed by atoms with van der Waals surface area (Å²) in [6.45, 7) is 1.98. The molecule has 3 N–H and O–H groups in total. The number of alkyl halides is 3. The Morgan fingerprint density at radius 2 is 1.67 bits per heavy atom. The zero-order chi connectivity index (χ0) is 22.3. The van der Waals surface area contributed by atoms with Crippen LogP contribution < -0.4 is 25.4 Å². The van der Waals surface area contributed by atoms with Gasteiger partial charge in [-0.25, -0.2) is 0 Å². The van der Waals surface area contributed by atoms with Crippen LogP contribution in [-0.2, 0) is 11.2 Å². The van der Waals surface area contributed by atoms with Gasteiger partial charge in [-0.15, -0.1) is 0 Å². The van der Waals surface area contributed by atoms with Crippen molar-refractivity contribution in [1.29, 1.82) is 0 Å². The van der Waals surface area contributed by atoms with Crippen LogP contribution in [0.2, 0.25) is 0 Å². The van der Waals surface area contributed by atoms with E-state index in [2.05, 4.69) is 16.0 Å². The summed E-state index contributed by atoms with van der Waals surface area (Å²) in [5.74, 6) is 0.710. The largest absolute Gasteiger partial charge is 0.493 e. The van der Waals surface area contributed by atoms with Gasteiger partial charge in [-0.05, 0) is 49.0 Å². The van der Waals surface area contributed by atoms with Crippen LogP contribution in [0.4, 0.5) is 5.69 Å². The SMILES string of the molecule is COc1ccc(CC(=O)NC(NC(=S)Nc2ccc(C)cc2)C(Cl)(Cl)Cl)cc1OC. The number of amides is 1. The highest BCUT2D eigenvalue weighted by Crippen LogP contribution is 2.30. The van der Waals surface area contributed by atoms with Crippen LogP contribution in [0.25, 0.3) is 0 Å². The molecule has 30 heavy (non-hydrogen) atoms. The number of carbonyl (C=O) groups excluding carboxylic acids is 1. The number of thiocarbonyl (C=S) groups is 1. The number of methoxy groups -OCH3 is 2. The number of benzene rings is 2. The first kappa shape index (κ1) is 24.3. The van der Waals surface area contributed by atoms with Gasteiger partial charge in [0.1, 0.15) is 6.17 Å². The third-order valence-corrected chi connectivity index (χ3v) is 4.90. The second-order valence-corrected chi connectivity index (χ2v) is 9.15. The average molecular weight is 491 g/mol. The fraction of sp³-hybridized carbons (Fsp3) is 0.300. The topological polar surface area (TPSA) is 71.6 Å². The predicted molar refractivity (Wildman–Crippen MR) is 126 cm³/mol. The van der Waals surface area contributed by atoms with E-state index in [1.54, 1.807) is 18.2 Å². The summed E-state index contributed by atoms with van der Waals surface area (Å²) in [5, 5.41) is 8.66. The molecule has 0 aromatic heterocycles. The second-order valence-electron chi connectivity index (χ2n) is 6.37. The van der Waals surface area contributed by atoms with Crippen molar-refractivity contribution in [2.45, 2.75) is 23.3 Å². The number of halogens is 3. The Morgan fingerprint density at radius 3 is 2.23 bits per heavy atom. The normalized spacial score (nSPS) is 11.9. The lowest BCUT2D eigenvalue weighted by molar-refractivity contribution is -0.121. The van der Waals surface area contributed by atoms with Gasteiger partial charge in [0.25, 0.3) is 0 Å². The Hall–Kier alpha value is -1.93. The van der Waals surface area contributed by atoms with Gasteiger partial charge in [-0.3, -0.25) is 4.79 Å². The number of ether oxygens (including phenoxy) is 2. The van der Waals surface area contributed by atoms with E-state index in [1.165, 1.54) is 14.2 Å². The molecule has 162 valence electrons. The molecule has 2 aromatic carbocycles. The molecule has 0 radical (unpaired) electrons. The fourth-order valence-corrected chi connectivity index (χ4v) is 3.09. The van der Waals surface area contributed by atoms with E-state index in [4.69, 9.17) is 56.5 Å². The van der Waals surface area contributed by atoms with Crippen molar-refractivity contribution in [3.63, 3.8) is 0 Å². The number of aryl methyl sites for hydroxylation is 1. The van der Waals surface area contributed by atoms with Crippen LogP contribution in [0.3, 0.4) is 0 Å². The molecule has 1 amide bonds. The summed E-state index contributed by atoms with van der Waals surface area (Å²) in [6, 6.07) is 12.8. The molecule has 0 aliphatic heterocycles. The Balaban J connectivity index is 2.02. The van der Waals surface area contributed by atoms with Gasteiger partial charge in [0, 0.05) is 5.69 Å². The lowest BCUT2D eigenvalue weighted by Gasteiger charge is -2.28. The maximum absolute atomic E-state index is 12.5. The van der Waals surface area contributed by atoms with E-state index < -0.39 is 9.96 Å². The lowest BCUT2D eigenvalue weighted by atomic mass is 10.1. The minimum atomic E-state index is -1.84. The highest BCUT2D eigenvalue weighted by Gasteiger charge is 2.34. The molecule has 10 heteroatoms. The Morgan fingerprint density at radius 1 is 1.03 bits per heavy atom. The monoisotopic (exact) mass is 489 g/mol. The first-order valence-electron chi connectivity index (χ1n) is 8.83. The first-order chi connectivity index (χ1) is 14.1. The van der Waals surface area contributed by atoms with Crippen LogP contribution >= 0.6 is 47.0 Å². The second kappa shape index (κ2) is 10.9. The molecule has 2 rings (SSSR count). The van der Waals surface area contributed by atoms with Crippen molar-refractivity contribution in [2.24, 2.45) is 0 Å². The van der Waals surface area contributed by atoms with Crippen LogP contribution in [0, 0.1) is 6.92 Å². The summed E-state index contributed by atoms with van der Waals surface area (Å²) >= 11 is 23.4. The van der Waals surface area contributed by atoms with E-state index in [1.807, 2.05) is 31.2 Å². The van der Waals surface area contributed by atoms with Crippen molar-refractivity contribution in [1.82, 2.24) is 10.6 Å². The van der Waals surface area contributed by atoms with Gasteiger partial charge >= 0.3 is 0 Å². The molecule has 0 saturated carbocycles. The van der Waals surface area contributed by atoms with Crippen molar-refractivity contribution in [3.8, 4) is 11.5 Å². The maximum atomic E-state index is 12.5. The molecular formula is C20H22Cl3N3O3S. The minimum absolute atomic E-state index is 0.0391. The molecule has 2 aromatic rings. The summed E-state index contributed by atoms with van der Waals surface area (Å²) in [6.07, 6.45) is -1.02. The standard InChI is InChI=1S/C20H22Cl3N3O3S/c1-12-4-7-14(8-5-12)24-19(30)26-18(20(21,22)23)25-17(27)11-13-6-9-15(28-2)16(10-13)29-3/h4-10,18H,11H2,1-3H3,(H,25,27)(H2,24,26,30). The van der Waals surface area contributed by atoms with Gasteiger partial charge in [0.05, 0.1) is 20.6 Å². The van der Waals surface area contributed by atoms with Crippen molar-refractivity contribution >= 4 is 63.7 Å². The smallest absolute Gasteiger partial charge is 0.228 e. The average Bonchev–Trinajstić information content (AvgIpc) is 2.68. The highest BCUT2D eigenvalue weighted by atomic mass is 35.6. The van der Waals surface area contributed by atoms with Crippen LogP contribution in [0.1, 0.15) is 11.1 Å². The molecule has 0 bridgehead atoms. The zero-order valence-electron chi connectivity index (χ0n) is 16.6. The number of carbonyl (C=O) groups is 1. The molecule has 0 spiro atoms. The minimum Gasteiger partial charge on any atom is -0.493 e. The van der Waals surface area contributed by atoms with Crippen LogP contribution in [0.5, 0.6) is 11.5 Å². The Bertz CT molecular complexity index is 889. The van der Waals surface area contributed by atoms with Crippen LogP contribution in [0.15, 0.2) is 42.5 Å². The third-order valence-electron chi connectivity index (χ3n) is 4.03. The number of hydrogen-bond acceptors (Lipinski definition) is 4. The van der Waals surface area contributed by atoms with Crippen molar-refractivity contribution in [2.75, 3.05) is 19.5 Å². The summed E-state index contributed by atoms with van der Waals surface area (Å²) in [5.41, 5.74) is 2.58. The van der Waals surface area contributed by atoms with Gasteiger partial charge in [0.15, 0.2) is 16.6 Å². The Labute approximate surface area is 196 Å². The van der Waals surface area contributed by atoms with Crippen LogP contribution in [-0.4, -0.2) is 35.2 Å².